The van der Waals surface area contributed by atoms with Gasteiger partial charge in [0.05, 0.1) is 6.10 Å². The van der Waals surface area contributed by atoms with Crippen LogP contribution in [0.5, 0.6) is 0 Å². The molecule has 0 spiro atoms. The quantitative estimate of drug-likeness (QED) is 0.757. The zero-order valence-corrected chi connectivity index (χ0v) is 13.6. The summed E-state index contributed by atoms with van der Waals surface area (Å²) in [6.45, 7) is 5.46. The minimum atomic E-state index is -3.53. The second-order valence-electron chi connectivity index (χ2n) is 5.66. The number of benzene rings is 1. The van der Waals surface area contributed by atoms with Gasteiger partial charge in [0.15, 0.2) is 0 Å². The molecule has 1 aliphatic rings. The Morgan fingerprint density at radius 1 is 1.24 bits per heavy atom. The molecule has 1 aromatic carbocycles. The summed E-state index contributed by atoms with van der Waals surface area (Å²) in [6.07, 6.45) is 2.13. The van der Waals surface area contributed by atoms with Gasteiger partial charge in [-0.05, 0) is 36.3 Å². The van der Waals surface area contributed by atoms with Gasteiger partial charge in [0.2, 0.25) is 0 Å². The summed E-state index contributed by atoms with van der Waals surface area (Å²) in [5.41, 5.74) is 2.01. The molecule has 1 atom stereocenters. The highest BCUT2D eigenvalue weighted by atomic mass is 32.2. The molecule has 0 aromatic heterocycles. The lowest BCUT2D eigenvalue weighted by atomic mass is 9.98. The molecule has 1 saturated heterocycles. The molecular weight excluding hydrogens is 288 g/mol. The SMILES string of the molecule is CCC(C)c1ccc(CS(=O)(=O)OC2CCOCC2)cc1. The van der Waals surface area contributed by atoms with Crippen LogP contribution in [0.15, 0.2) is 24.3 Å². The van der Waals surface area contributed by atoms with Gasteiger partial charge in [0.25, 0.3) is 10.1 Å². The van der Waals surface area contributed by atoms with E-state index in [2.05, 4.69) is 13.8 Å². The molecule has 1 fully saturated rings. The normalized spacial score (nSPS) is 18.6. The van der Waals surface area contributed by atoms with Crippen molar-refractivity contribution in [3.63, 3.8) is 0 Å². The molecule has 1 aliphatic heterocycles. The highest BCUT2D eigenvalue weighted by Crippen LogP contribution is 2.21. The second kappa shape index (κ2) is 7.38. The van der Waals surface area contributed by atoms with E-state index < -0.39 is 10.1 Å². The third-order valence-corrected chi connectivity index (χ3v) is 5.21. The fraction of sp³-hybridized carbons (Fsp3) is 0.625. The lowest BCUT2D eigenvalue weighted by Crippen LogP contribution is -2.26. The first-order chi connectivity index (χ1) is 10.00. The van der Waals surface area contributed by atoms with Crippen LogP contribution in [0.3, 0.4) is 0 Å². The molecule has 0 bridgehead atoms. The first kappa shape index (κ1) is 16.5. The predicted octanol–water partition coefficient (Wildman–Crippen LogP) is 3.23. The summed E-state index contributed by atoms with van der Waals surface area (Å²) in [5.74, 6) is 0.430. The number of hydrogen-bond donors (Lipinski definition) is 0. The fourth-order valence-corrected chi connectivity index (χ4v) is 3.67. The van der Waals surface area contributed by atoms with Crippen molar-refractivity contribution in [1.82, 2.24) is 0 Å². The maximum atomic E-state index is 12.1. The molecule has 21 heavy (non-hydrogen) atoms. The van der Waals surface area contributed by atoms with Crippen LogP contribution in [0.25, 0.3) is 0 Å². The van der Waals surface area contributed by atoms with Crippen molar-refractivity contribution in [2.75, 3.05) is 13.2 Å². The molecule has 1 heterocycles. The highest BCUT2D eigenvalue weighted by molar-refractivity contribution is 7.85. The van der Waals surface area contributed by atoms with Crippen LogP contribution in [0.2, 0.25) is 0 Å². The minimum Gasteiger partial charge on any atom is -0.381 e. The average molecular weight is 312 g/mol. The summed E-state index contributed by atoms with van der Waals surface area (Å²) in [7, 11) is -3.53. The summed E-state index contributed by atoms with van der Waals surface area (Å²) >= 11 is 0. The Morgan fingerprint density at radius 2 is 1.86 bits per heavy atom. The van der Waals surface area contributed by atoms with E-state index in [1.807, 2.05) is 24.3 Å². The van der Waals surface area contributed by atoms with Crippen LogP contribution in [-0.4, -0.2) is 27.7 Å². The van der Waals surface area contributed by atoms with Gasteiger partial charge in [-0.3, -0.25) is 4.18 Å². The first-order valence-electron chi connectivity index (χ1n) is 7.57. The Morgan fingerprint density at radius 3 is 2.43 bits per heavy atom. The van der Waals surface area contributed by atoms with E-state index in [1.165, 1.54) is 5.56 Å². The van der Waals surface area contributed by atoms with Crippen molar-refractivity contribution in [1.29, 1.82) is 0 Å². The molecule has 0 amide bonds. The van der Waals surface area contributed by atoms with Crippen LogP contribution in [0.4, 0.5) is 0 Å². The predicted molar refractivity (Wildman–Crippen MR) is 82.7 cm³/mol. The van der Waals surface area contributed by atoms with Gasteiger partial charge in [-0.25, -0.2) is 0 Å². The molecule has 2 rings (SSSR count). The summed E-state index contributed by atoms with van der Waals surface area (Å²) < 4.78 is 34.6. The molecule has 0 saturated carbocycles. The van der Waals surface area contributed by atoms with Gasteiger partial charge in [-0.15, -0.1) is 0 Å². The van der Waals surface area contributed by atoms with E-state index >= 15 is 0 Å². The molecule has 1 unspecified atom stereocenters. The largest absolute Gasteiger partial charge is 0.381 e. The Labute approximate surface area is 127 Å². The summed E-state index contributed by atoms with van der Waals surface area (Å²) in [5, 5.41) is 0. The Balaban J connectivity index is 1.96. The van der Waals surface area contributed by atoms with E-state index in [9.17, 15) is 8.42 Å². The van der Waals surface area contributed by atoms with E-state index in [-0.39, 0.29) is 11.9 Å². The molecule has 4 nitrogen and oxygen atoms in total. The maximum Gasteiger partial charge on any atom is 0.271 e. The fourth-order valence-electron chi connectivity index (χ4n) is 2.40. The smallest absolute Gasteiger partial charge is 0.271 e. The molecule has 118 valence electrons. The number of ether oxygens (including phenoxy) is 1. The van der Waals surface area contributed by atoms with Crippen molar-refractivity contribution < 1.29 is 17.3 Å². The van der Waals surface area contributed by atoms with Crippen LogP contribution in [0.1, 0.15) is 50.2 Å². The van der Waals surface area contributed by atoms with Crippen molar-refractivity contribution in [2.24, 2.45) is 0 Å². The number of hydrogen-bond acceptors (Lipinski definition) is 4. The highest BCUT2D eigenvalue weighted by Gasteiger charge is 2.22. The van der Waals surface area contributed by atoms with Gasteiger partial charge in [0.1, 0.15) is 5.75 Å². The van der Waals surface area contributed by atoms with Gasteiger partial charge in [-0.1, -0.05) is 38.1 Å². The van der Waals surface area contributed by atoms with Crippen LogP contribution in [0, 0.1) is 0 Å². The third-order valence-electron chi connectivity index (χ3n) is 3.96. The third kappa shape index (κ3) is 5.09. The summed E-state index contributed by atoms with van der Waals surface area (Å²) in [4.78, 5) is 0. The van der Waals surface area contributed by atoms with Crippen LogP contribution in [-0.2, 0) is 24.8 Å². The first-order valence-corrected chi connectivity index (χ1v) is 9.15. The standard InChI is InChI=1S/C16H24O4S/c1-3-13(2)15-6-4-14(5-7-15)12-21(17,18)20-16-8-10-19-11-9-16/h4-7,13,16H,3,8-12H2,1-2H3. The Hall–Kier alpha value is -0.910. The Bertz CT molecular complexity index is 530. The molecule has 5 heteroatoms. The van der Waals surface area contributed by atoms with E-state index in [0.717, 1.165) is 12.0 Å². The Kier molecular flexibility index (Phi) is 5.79. The monoisotopic (exact) mass is 312 g/mol. The van der Waals surface area contributed by atoms with Crippen molar-refractivity contribution in [3.8, 4) is 0 Å². The topological polar surface area (TPSA) is 52.6 Å². The summed E-state index contributed by atoms with van der Waals surface area (Å²) in [6, 6.07) is 7.78. The van der Waals surface area contributed by atoms with Crippen molar-refractivity contribution in [3.05, 3.63) is 35.4 Å². The van der Waals surface area contributed by atoms with E-state index in [0.29, 0.717) is 32.0 Å². The zero-order chi connectivity index (χ0) is 15.3. The molecular formula is C16H24O4S. The maximum absolute atomic E-state index is 12.1. The van der Waals surface area contributed by atoms with Crippen molar-refractivity contribution >= 4 is 10.1 Å². The van der Waals surface area contributed by atoms with Crippen LogP contribution >= 0.6 is 0 Å². The average Bonchev–Trinajstić information content (AvgIpc) is 2.47. The van der Waals surface area contributed by atoms with E-state index in [4.69, 9.17) is 8.92 Å². The molecule has 0 N–H and O–H groups in total. The number of rotatable bonds is 6. The van der Waals surface area contributed by atoms with Gasteiger partial charge >= 0.3 is 0 Å². The molecule has 1 aromatic rings. The molecule has 0 aliphatic carbocycles. The minimum absolute atomic E-state index is 0.0643. The second-order valence-corrected chi connectivity index (χ2v) is 7.26. The van der Waals surface area contributed by atoms with Crippen molar-refractivity contribution in [2.45, 2.75) is 50.9 Å². The van der Waals surface area contributed by atoms with E-state index in [1.54, 1.807) is 0 Å². The lowest BCUT2D eigenvalue weighted by molar-refractivity contribution is 0.0283. The lowest BCUT2D eigenvalue weighted by Gasteiger charge is -2.21. The zero-order valence-electron chi connectivity index (χ0n) is 12.7. The van der Waals surface area contributed by atoms with Gasteiger partial charge in [-0.2, -0.15) is 8.42 Å². The molecule has 0 radical (unpaired) electrons. The van der Waals surface area contributed by atoms with Gasteiger partial charge < -0.3 is 4.74 Å². The van der Waals surface area contributed by atoms with Gasteiger partial charge in [0, 0.05) is 13.2 Å². The van der Waals surface area contributed by atoms with Crippen LogP contribution < -0.4 is 0 Å².